The molecule has 0 amide bonds. The van der Waals surface area contributed by atoms with Gasteiger partial charge in [-0.25, -0.2) is 9.79 Å². The number of carbonyl (C=O) groups excluding carboxylic acids is 1. The van der Waals surface area contributed by atoms with Gasteiger partial charge in [-0.1, -0.05) is 72.0 Å². The van der Waals surface area contributed by atoms with Crippen LogP contribution in [-0.2, 0) is 16.1 Å². The Labute approximate surface area is 293 Å². The Morgan fingerprint density at radius 2 is 1.62 bits per heavy atom. The highest BCUT2D eigenvalue weighted by Crippen LogP contribution is 2.36. The zero-order valence-electron chi connectivity index (χ0n) is 27.9. The van der Waals surface area contributed by atoms with Gasteiger partial charge in [0.05, 0.1) is 53.3 Å². The van der Waals surface area contributed by atoms with Crippen LogP contribution in [0.5, 0.6) is 17.2 Å². The van der Waals surface area contributed by atoms with Crippen molar-refractivity contribution in [1.82, 2.24) is 4.57 Å². The van der Waals surface area contributed by atoms with Gasteiger partial charge in [0.2, 0.25) is 0 Å². The molecule has 252 valence electrons. The van der Waals surface area contributed by atoms with Gasteiger partial charge in [0, 0.05) is 5.56 Å². The lowest BCUT2D eigenvalue weighted by atomic mass is 9.93. The van der Waals surface area contributed by atoms with Crippen LogP contribution in [0.4, 0.5) is 0 Å². The topological polar surface area (TPSA) is 112 Å². The van der Waals surface area contributed by atoms with Crippen LogP contribution in [0.15, 0.2) is 112 Å². The third-order valence-corrected chi connectivity index (χ3v) is 8.91. The molecule has 0 spiro atoms. The molecule has 1 aliphatic heterocycles. The lowest BCUT2D eigenvalue weighted by Crippen LogP contribution is -2.40. The minimum Gasteiger partial charge on any atom is -0.494 e. The second-order valence-corrected chi connectivity index (χ2v) is 12.2. The van der Waals surface area contributed by atoms with Gasteiger partial charge in [-0.05, 0) is 79.9 Å². The van der Waals surface area contributed by atoms with E-state index < -0.39 is 12.0 Å². The average molecular weight is 686 g/mol. The first-order valence-electron chi connectivity index (χ1n) is 16.3. The Kier molecular flexibility index (Phi) is 10.6. The maximum Gasteiger partial charge on any atom is 0.338 e. The lowest BCUT2D eigenvalue weighted by molar-refractivity contribution is -0.138. The second-order valence-electron chi connectivity index (χ2n) is 11.2. The summed E-state index contributed by atoms with van der Waals surface area (Å²) in [4.78, 5) is 33.4. The van der Waals surface area contributed by atoms with Crippen LogP contribution in [0.2, 0.25) is 0 Å². The van der Waals surface area contributed by atoms with Gasteiger partial charge in [-0.3, -0.25) is 9.36 Å². The summed E-state index contributed by atoms with van der Waals surface area (Å²) in [5, 5.41) is 9.08. The number of fused-ring (bicyclic) bond motifs is 1. The Morgan fingerprint density at radius 1 is 0.880 bits per heavy atom. The molecule has 1 aliphatic rings. The Bertz CT molecular complexity index is 2250. The van der Waals surface area contributed by atoms with E-state index in [0.717, 1.165) is 22.3 Å². The van der Waals surface area contributed by atoms with Gasteiger partial charge in [0.1, 0.15) is 12.4 Å². The number of ether oxygens (including phenoxy) is 4. The van der Waals surface area contributed by atoms with Crippen molar-refractivity contribution in [2.75, 3.05) is 19.8 Å². The molecule has 1 atom stereocenters. The normalized spacial score (nSPS) is 14.0. The highest BCUT2D eigenvalue weighted by Gasteiger charge is 2.35. The minimum atomic E-state index is -0.796. The van der Waals surface area contributed by atoms with Gasteiger partial charge < -0.3 is 18.9 Å². The Morgan fingerprint density at radius 3 is 2.30 bits per heavy atom. The Hall–Kier alpha value is -5.92. The molecule has 0 bridgehead atoms. The maximum atomic E-state index is 14.3. The number of hydrogen-bond acceptors (Lipinski definition) is 9. The van der Waals surface area contributed by atoms with Gasteiger partial charge in [-0.15, -0.1) is 0 Å². The molecular weight excluding hydrogens is 651 g/mol. The quantitative estimate of drug-likeness (QED) is 0.144. The van der Waals surface area contributed by atoms with Crippen molar-refractivity contribution >= 4 is 29.1 Å². The standard InChI is InChI=1S/C40H35N3O6S/c1-4-46-31-19-17-30(18-20-31)37-35(39(45)48-6-3)36(29-10-8-7-9-11-29)42-40-43(37)38(44)34(50-40)23-28-16-21-32(33(22-28)47-5-2)49-25-27-14-12-26(24-41)13-15-27/h7-23,37H,4-6,25H2,1-3H3/b34-23-/t37-/m1/s1. The summed E-state index contributed by atoms with van der Waals surface area (Å²) < 4.78 is 25.3. The van der Waals surface area contributed by atoms with E-state index >= 15 is 0 Å². The van der Waals surface area contributed by atoms with Crippen molar-refractivity contribution in [3.05, 3.63) is 150 Å². The molecule has 4 aromatic carbocycles. The van der Waals surface area contributed by atoms with Crippen molar-refractivity contribution in [3.8, 4) is 23.3 Å². The van der Waals surface area contributed by atoms with E-state index in [4.69, 9.17) is 29.2 Å². The van der Waals surface area contributed by atoms with E-state index in [2.05, 4.69) is 6.07 Å². The molecule has 9 nitrogen and oxygen atoms in total. The van der Waals surface area contributed by atoms with E-state index in [9.17, 15) is 9.59 Å². The average Bonchev–Trinajstić information content (AvgIpc) is 3.45. The number of nitrogens with zero attached hydrogens (tertiary/aromatic N) is 3. The first-order chi connectivity index (χ1) is 24.4. The number of hydrogen-bond donors (Lipinski definition) is 0. The highest BCUT2D eigenvalue weighted by atomic mass is 32.1. The molecule has 0 radical (unpaired) electrons. The zero-order valence-corrected chi connectivity index (χ0v) is 28.7. The third kappa shape index (κ3) is 7.23. The van der Waals surface area contributed by atoms with E-state index in [1.54, 1.807) is 29.7 Å². The van der Waals surface area contributed by atoms with Gasteiger partial charge in [-0.2, -0.15) is 5.26 Å². The van der Waals surface area contributed by atoms with Crippen molar-refractivity contribution in [2.45, 2.75) is 33.4 Å². The van der Waals surface area contributed by atoms with Crippen LogP contribution in [0.3, 0.4) is 0 Å². The molecule has 0 N–H and O–H groups in total. The molecule has 0 saturated heterocycles. The van der Waals surface area contributed by atoms with E-state index in [0.29, 0.717) is 57.7 Å². The van der Waals surface area contributed by atoms with Crippen molar-refractivity contribution < 1.29 is 23.7 Å². The molecule has 0 fully saturated rings. The molecule has 2 heterocycles. The fourth-order valence-corrected chi connectivity index (χ4v) is 6.66. The summed E-state index contributed by atoms with van der Waals surface area (Å²) in [5.74, 6) is 1.23. The summed E-state index contributed by atoms with van der Waals surface area (Å²) in [5.41, 5.74) is 4.13. The maximum absolute atomic E-state index is 14.3. The molecule has 0 saturated carbocycles. The van der Waals surface area contributed by atoms with Crippen LogP contribution in [0, 0.1) is 11.3 Å². The van der Waals surface area contributed by atoms with Crippen LogP contribution in [0.1, 0.15) is 54.6 Å². The number of nitriles is 1. The predicted molar refractivity (Wildman–Crippen MR) is 192 cm³/mol. The molecule has 1 aromatic heterocycles. The third-order valence-electron chi connectivity index (χ3n) is 7.92. The minimum absolute atomic E-state index is 0.167. The number of esters is 1. The molecule has 0 aliphatic carbocycles. The van der Waals surface area contributed by atoms with Gasteiger partial charge in [0.15, 0.2) is 16.3 Å². The fraction of sp³-hybridized carbons (Fsp3) is 0.200. The number of carbonyl (C=O) groups is 1. The number of rotatable bonds is 12. The predicted octanol–water partition coefficient (Wildman–Crippen LogP) is 6.18. The number of aromatic nitrogens is 1. The summed E-state index contributed by atoms with van der Waals surface area (Å²) in [6.07, 6.45) is 1.79. The summed E-state index contributed by atoms with van der Waals surface area (Å²) in [6, 6.07) is 30.9. The smallest absolute Gasteiger partial charge is 0.338 e. The first kappa shape index (κ1) is 34.0. The SMILES string of the molecule is CCOC(=O)C1=C(c2ccccc2)N=c2s/c(=C\c3ccc(OCc4ccc(C#N)cc4)c(OCC)c3)c(=O)n2[C@@H]1c1ccc(OCC)cc1. The summed E-state index contributed by atoms with van der Waals surface area (Å²) >= 11 is 1.25. The highest BCUT2D eigenvalue weighted by molar-refractivity contribution is 7.07. The summed E-state index contributed by atoms with van der Waals surface area (Å²) in [6.45, 7) is 6.94. The van der Waals surface area contributed by atoms with E-state index in [-0.39, 0.29) is 17.7 Å². The van der Waals surface area contributed by atoms with Crippen LogP contribution in [-0.4, -0.2) is 30.4 Å². The van der Waals surface area contributed by atoms with E-state index in [1.807, 2.05) is 98.8 Å². The molecule has 0 unspecified atom stereocenters. The first-order valence-corrected chi connectivity index (χ1v) is 17.2. The van der Waals surface area contributed by atoms with Crippen LogP contribution < -0.4 is 29.1 Å². The van der Waals surface area contributed by atoms with Crippen molar-refractivity contribution in [1.29, 1.82) is 5.26 Å². The number of benzene rings is 4. The molecule has 10 heteroatoms. The molecule has 50 heavy (non-hydrogen) atoms. The molecule has 5 aromatic rings. The van der Waals surface area contributed by atoms with Crippen molar-refractivity contribution in [2.24, 2.45) is 4.99 Å². The molecular formula is C40H35N3O6S. The summed E-state index contributed by atoms with van der Waals surface area (Å²) in [7, 11) is 0. The van der Waals surface area contributed by atoms with Crippen LogP contribution >= 0.6 is 11.3 Å². The van der Waals surface area contributed by atoms with Gasteiger partial charge in [0.25, 0.3) is 5.56 Å². The van der Waals surface area contributed by atoms with Gasteiger partial charge >= 0.3 is 5.97 Å². The van der Waals surface area contributed by atoms with E-state index in [1.165, 1.54) is 11.3 Å². The fourth-order valence-electron chi connectivity index (χ4n) is 5.66. The monoisotopic (exact) mass is 685 g/mol. The van der Waals surface area contributed by atoms with Crippen LogP contribution in [0.25, 0.3) is 11.8 Å². The number of thiazole rings is 1. The lowest BCUT2D eigenvalue weighted by Gasteiger charge is -2.26. The van der Waals surface area contributed by atoms with Crippen molar-refractivity contribution in [3.63, 3.8) is 0 Å². The largest absolute Gasteiger partial charge is 0.494 e. The molecule has 6 rings (SSSR count). The second kappa shape index (κ2) is 15.5. The Balaban J connectivity index is 1.45. The zero-order chi connectivity index (χ0) is 35.0.